The van der Waals surface area contributed by atoms with Gasteiger partial charge >= 0.3 is 18.0 Å². The van der Waals surface area contributed by atoms with Crippen LogP contribution in [0.1, 0.15) is 101 Å². The van der Waals surface area contributed by atoms with Gasteiger partial charge in [-0.25, -0.2) is 30.0 Å². The van der Waals surface area contributed by atoms with E-state index in [1.54, 1.807) is 25.1 Å². The molecule has 5 aromatic heterocycles. The van der Waals surface area contributed by atoms with Crippen LogP contribution in [0.25, 0.3) is 56.0 Å². The second-order valence-electron chi connectivity index (χ2n) is 21.1. The minimum atomic E-state index is -1.24. The number of carboxylic acid groups (broad SMARTS) is 1. The number of aromatic amines is 3. The van der Waals surface area contributed by atoms with Crippen LogP contribution in [-0.2, 0) is 51.8 Å². The van der Waals surface area contributed by atoms with Crippen molar-refractivity contribution in [2.75, 3.05) is 43.4 Å². The van der Waals surface area contributed by atoms with Crippen LogP contribution in [-0.4, -0.2) is 119 Å². The highest BCUT2D eigenvalue weighted by Crippen LogP contribution is 2.53. The summed E-state index contributed by atoms with van der Waals surface area (Å²) < 4.78 is 16.3. The molecule has 0 spiro atoms. The Labute approximate surface area is 512 Å². The zero-order valence-electron chi connectivity index (χ0n) is 49.3. The molecule has 0 fully saturated rings. The van der Waals surface area contributed by atoms with Crippen molar-refractivity contribution in [1.82, 2.24) is 56.0 Å². The lowest BCUT2D eigenvalue weighted by atomic mass is 9.64. The van der Waals surface area contributed by atoms with Gasteiger partial charge in [-0.3, -0.25) is 34.6 Å². The van der Waals surface area contributed by atoms with Crippen molar-refractivity contribution in [1.29, 1.82) is 0 Å². The number of aryl methyl sites for hydroxylation is 3. The van der Waals surface area contributed by atoms with Gasteiger partial charge in [0.25, 0.3) is 11.5 Å². The molecule has 1 aromatic carbocycles. The third-order valence-corrected chi connectivity index (χ3v) is 17.9. The summed E-state index contributed by atoms with van der Waals surface area (Å²) in [5.74, 6) is -3.25. The molecule has 3 amide bonds. The molecule has 8 bridgehead atoms. The van der Waals surface area contributed by atoms with E-state index in [2.05, 4.69) is 64.5 Å². The number of Topliss-reactive ketones (excluding diaryl/α,β-unsaturated/α-hetero) is 1. The average molecular weight is 1230 g/mol. The number of aromatic nitrogens is 8. The summed E-state index contributed by atoms with van der Waals surface area (Å²) >= 11 is 0. The minimum Gasteiger partial charge on any atom is -0.497 e. The van der Waals surface area contributed by atoms with Crippen molar-refractivity contribution in [2.45, 2.75) is 78.3 Å². The summed E-state index contributed by atoms with van der Waals surface area (Å²) in [7, 11) is 5.23. The van der Waals surface area contributed by atoms with E-state index in [-0.39, 0.29) is 72.4 Å². The van der Waals surface area contributed by atoms with E-state index in [1.807, 2.05) is 64.1 Å². The molecule has 0 radical (unpaired) electrons. The smallest absolute Gasteiger partial charge is 0.426 e. The number of benzene rings is 1. The highest BCUT2D eigenvalue weighted by Gasteiger charge is 2.53. The van der Waals surface area contributed by atoms with E-state index in [0.717, 1.165) is 66.3 Å². The van der Waals surface area contributed by atoms with Crippen molar-refractivity contribution in [3.63, 3.8) is 0 Å². The number of carbonyl (C=O) groups excluding carboxylic acids is 5. The summed E-state index contributed by atoms with van der Waals surface area (Å²) in [6.45, 7) is 17.8. The van der Waals surface area contributed by atoms with Crippen LogP contribution < -0.4 is 32.8 Å². The number of allylic oxidation sites excluding steroid dienone is 6. The number of nitrogens with zero attached hydrogens (tertiary/aromatic N) is 5. The van der Waals surface area contributed by atoms with Crippen molar-refractivity contribution in [3.05, 3.63) is 158 Å². The number of esters is 1. The first-order valence-electron chi connectivity index (χ1n) is 27.8. The van der Waals surface area contributed by atoms with Crippen LogP contribution in [0.3, 0.4) is 0 Å². The Morgan fingerprint density at radius 3 is 2.31 bits per heavy atom. The summed E-state index contributed by atoms with van der Waals surface area (Å²) in [4.78, 5) is 122. The fraction of sp³-hybridized carbons (Fsp3) is 0.290. The molecule has 456 valence electrons. The van der Waals surface area contributed by atoms with Gasteiger partial charge in [0, 0.05) is 68.8 Å². The van der Waals surface area contributed by atoms with Crippen LogP contribution in [0.5, 0.6) is 0 Å². The molecule has 1 aliphatic carbocycles. The third kappa shape index (κ3) is 13.4. The Balaban J connectivity index is 0.847. The standard InChI is InChI=1S/C62H65N13O11S2/c1-10-38-31(3)44-24-49-42-19-17-41(34(6)84-8)53(59(82)85-9)62(42,7)51(70-49)26-45-33(5)39(16-11-30(2)76)47(69-45)25-48-40(32(4)43(68-48)23-46(38)67-44)18-20-52(77)74-75-61(83)86-21-22-87-88-29-50(58(80)81)71-56(78)35-12-14-36(15-13-35)64-27-37-28-65-55-54(66-37)57(79)73-60(63)72-55/h10,12-15,17,19,23-26,28,50,53,64,67-68H,1,6,11,16,18,20-22,27,29H2,2-5,7-9H3,(H,71,78)(H,74,77)(H,75,83)(H,80,81)(H3,63,65,72,73,79)/t50-,53+,62-/m1/s1. The number of aliphatic carboxylic acids is 1. The van der Waals surface area contributed by atoms with Crippen molar-refractivity contribution in [3.8, 4) is 0 Å². The molecule has 0 saturated heterocycles. The monoisotopic (exact) mass is 1230 g/mol. The number of carbonyl (C=O) groups is 6. The number of nitrogens with two attached hydrogens (primary N) is 1. The number of anilines is 2. The summed E-state index contributed by atoms with van der Waals surface area (Å²) in [5, 5.41) is 15.5. The van der Waals surface area contributed by atoms with Gasteiger partial charge in [-0.15, -0.1) is 0 Å². The lowest BCUT2D eigenvalue weighted by Crippen LogP contribution is -2.42. The van der Waals surface area contributed by atoms with Crippen LogP contribution in [0.15, 0.2) is 96.2 Å². The van der Waals surface area contributed by atoms with E-state index in [9.17, 15) is 38.7 Å². The molecule has 26 heteroatoms. The molecule has 10 N–H and O–H groups in total. The van der Waals surface area contributed by atoms with Gasteiger partial charge in [0.2, 0.25) is 11.9 Å². The van der Waals surface area contributed by atoms with Gasteiger partial charge in [-0.05, 0) is 129 Å². The molecule has 6 aromatic rings. The summed E-state index contributed by atoms with van der Waals surface area (Å²) in [5.41, 5.74) is 21.8. The molecule has 3 atom stereocenters. The molecular formula is C62H65N13O11S2. The topological polar surface area (TPSA) is 353 Å². The number of hydrogen-bond donors (Lipinski definition) is 9. The number of hydrogen-bond acceptors (Lipinski definition) is 19. The van der Waals surface area contributed by atoms with Crippen LogP contribution in [0, 0.1) is 19.8 Å². The Hall–Kier alpha value is -9.82. The number of amides is 3. The largest absolute Gasteiger partial charge is 0.497 e. The number of ketones is 1. The molecule has 7 heterocycles. The highest BCUT2D eigenvalue weighted by atomic mass is 33.1. The second kappa shape index (κ2) is 26.8. The van der Waals surface area contributed by atoms with Crippen molar-refractivity contribution >= 4 is 125 Å². The normalized spacial score (nSPS) is 15.5. The van der Waals surface area contributed by atoms with Gasteiger partial charge in [-0.2, -0.15) is 4.98 Å². The van der Waals surface area contributed by atoms with Crippen LogP contribution in [0.4, 0.5) is 16.4 Å². The second-order valence-corrected chi connectivity index (χ2v) is 23.7. The average Bonchev–Trinajstić information content (AvgIpc) is 1.56. The fourth-order valence-electron chi connectivity index (χ4n) is 10.7. The van der Waals surface area contributed by atoms with Crippen LogP contribution >= 0.6 is 21.6 Å². The quantitative estimate of drug-likeness (QED) is 0.0101. The van der Waals surface area contributed by atoms with Crippen molar-refractivity contribution < 1.29 is 48.1 Å². The number of carboxylic acids is 1. The maximum Gasteiger partial charge on any atom is 0.426 e. The van der Waals surface area contributed by atoms with Gasteiger partial charge in [0.15, 0.2) is 11.2 Å². The number of nitrogens with one attached hydrogen (secondary N) is 7. The Bertz CT molecular complexity index is 4200. The number of methoxy groups -OCH3 is 2. The van der Waals surface area contributed by atoms with Gasteiger partial charge in [0.1, 0.15) is 30.1 Å². The lowest BCUT2D eigenvalue weighted by molar-refractivity contribution is -0.145. The van der Waals surface area contributed by atoms with Crippen molar-refractivity contribution in [2.24, 2.45) is 5.92 Å². The summed E-state index contributed by atoms with van der Waals surface area (Å²) in [6, 6.07) is 12.8. The van der Waals surface area contributed by atoms with Gasteiger partial charge < -0.3 is 50.4 Å². The van der Waals surface area contributed by atoms with E-state index >= 15 is 0 Å². The lowest BCUT2D eigenvalue weighted by Gasteiger charge is -2.37. The first-order chi connectivity index (χ1) is 42.1. The Morgan fingerprint density at radius 1 is 0.852 bits per heavy atom. The third-order valence-electron chi connectivity index (χ3n) is 15.5. The number of nitrogen functional groups attached to an aromatic ring is 1. The van der Waals surface area contributed by atoms with E-state index in [0.29, 0.717) is 57.4 Å². The van der Waals surface area contributed by atoms with Gasteiger partial charge in [0.05, 0.1) is 60.8 Å². The number of rotatable bonds is 22. The fourth-order valence-corrected chi connectivity index (χ4v) is 12.7. The Kier molecular flexibility index (Phi) is 19.1. The molecule has 0 saturated carbocycles. The van der Waals surface area contributed by atoms with E-state index in [1.165, 1.54) is 43.3 Å². The first-order valence-corrected chi connectivity index (χ1v) is 30.3. The minimum absolute atomic E-state index is 0.00260. The summed E-state index contributed by atoms with van der Waals surface area (Å²) in [6.07, 6.45) is 6.91. The molecular weight excluding hydrogens is 1170 g/mol. The predicted molar refractivity (Wildman–Crippen MR) is 339 cm³/mol. The molecule has 24 nitrogen and oxygen atoms in total. The number of H-pyrrole nitrogens is 3. The molecule has 0 unspecified atom stereocenters. The molecule has 9 rings (SSSR count). The number of fused-ring (bicyclic) bond motifs is 12. The number of hydrazine groups is 1. The molecule has 3 aliphatic rings. The van der Waals surface area contributed by atoms with E-state index in [4.69, 9.17) is 29.9 Å². The predicted octanol–water partition coefficient (Wildman–Crippen LogP) is 8.28. The van der Waals surface area contributed by atoms with E-state index < -0.39 is 52.8 Å². The maximum absolute atomic E-state index is 14.0. The Morgan fingerprint density at radius 2 is 1.59 bits per heavy atom. The molecule has 2 aliphatic heterocycles. The number of ether oxygens (including phenoxy) is 3. The maximum atomic E-state index is 14.0. The first kappa shape index (κ1) is 62.7. The SMILES string of the molecule is C=Cc1c(C)c2cc3nc(cc4nc(cc5[nH]c(cc1[nH]2)c(C)c5CCC(=O)NNC(=O)OCCSSC[C@@H](NC(=O)c1ccc(NCc2cnc5nc(N)[nH]c(=O)c5n2)cc1)C(=O)O)C(CCC(C)=O)=C4C)[C@@]1(C)C3=CC=C(C(=C)OC)[C@H]1C(=O)OC. The highest BCUT2D eigenvalue weighted by molar-refractivity contribution is 8.76. The zero-order valence-corrected chi connectivity index (χ0v) is 50.9. The zero-order chi connectivity index (χ0) is 63.1. The molecule has 88 heavy (non-hydrogen) atoms. The van der Waals surface area contributed by atoms with Crippen LogP contribution in [0.2, 0.25) is 0 Å². The van der Waals surface area contributed by atoms with Gasteiger partial charge in [-0.1, -0.05) is 53.0 Å².